The molecule has 0 radical (unpaired) electrons. The molecule has 1 aromatic carbocycles. The minimum absolute atomic E-state index is 0.134. The number of rotatable bonds is 5. The molecule has 0 saturated heterocycles. The number of aromatic amines is 1. The molecule has 108 valence electrons. The Morgan fingerprint density at radius 2 is 2.15 bits per heavy atom. The summed E-state index contributed by atoms with van der Waals surface area (Å²) in [5.41, 5.74) is 7.03. The first-order chi connectivity index (χ1) is 9.45. The average Bonchev–Trinajstić information content (AvgIpc) is 2.92. The van der Waals surface area contributed by atoms with Crippen molar-refractivity contribution >= 4 is 10.0 Å². The van der Waals surface area contributed by atoms with E-state index in [0.717, 1.165) is 5.56 Å². The molecule has 0 aliphatic carbocycles. The van der Waals surface area contributed by atoms with Gasteiger partial charge in [0.15, 0.2) is 0 Å². The number of hydrogen-bond acceptors (Lipinski definition) is 5. The van der Waals surface area contributed by atoms with Crippen molar-refractivity contribution in [2.75, 3.05) is 7.05 Å². The Hall–Kier alpha value is -1.77. The molecule has 1 heterocycles. The number of nitrogens with two attached hydrogens (primary N) is 1. The molecule has 3 N–H and O–H groups in total. The fraction of sp³-hybridized carbons (Fsp3) is 0.333. The van der Waals surface area contributed by atoms with Crippen LogP contribution in [0.3, 0.4) is 0 Å². The number of sulfonamides is 1. The lowest BCUT2D eigenvalue weighted by atomic mass is 10.1. The normalized spacial score (nSPS) is 12.0. The van der Waals surface area contributed by atoms with Gasteiger partial charge in [-0.1, -0.05) is 12.1 Å². The first-order valence-electron chi connectivity index (χ1n) is 6.05. The maximum Gasteiger partial charge on any atom is 0.243 e. The number of nitrogens with one attached hydrogen (secondary N) is 1. The van der Waals surface area contributed by atoms with E-state index in [2.05, 4.69) is 15.2 Å². The van der Waals surface area contributed by atoms with Gasteiger partial charge in [-0.25, -0.2) is 13.4 Å². The molecule has 0 bridgehead atoms. The minimum Gasteiger partial charge on any atom is -0.326 e. The van der Waals surface area contributed by atoms with Gasteiger partial charge in [0.25, 0.3) is 0 Å². The monoisotopic (exact) mass is 295 g/mol. The third-order valence-electron chi connectivity index (χ3n) is 3.01. The maximum absolute atomic E-state index is 12.6. The van der Waals surface area contributed by atoms with Crippen molar-refractivity contribution in [3.63, 3.8) is 0 Å². The molecule has 0 aliphatic heterocycles. The topological polar surface area (TPSA) is 105 Å². The molecule has 0 amide bonds. The van der Waals surface area contributed by atoms with Crippen molar-refractivity contribution in [3.05, 3.63) is 41.5 Å². The van der Waals surface area contributed by atoms with Crippen molar-refractivity contribution in [1.29, 1.82) is 0 Å². The average molecular weight is 295 g/mol. The van der Waals surface area contributed by atoms with Gasteiger partial charge < -0.3 is 5.73 Å². The van der Waals surface area contributed by atoms with Gasteiger partial charge in [0, 0.05) is 13.6 Å². The molecular formula is C12H17N5O2S. The fourth-order valence-electron chi connectivity index (χ4n) is 1.82. The zero-order chi connectivity index (χ0) is 14.8. The van der Waals surface area contributed by atoms with E-state index in [9.17, 15) is 8.42 Å². The summed E-state index contributed by atoms with van der Waals surface area (Å²) in [6, 6.07) is 5.20. The second-order valence-corrected chi connectivity index (χ2v) is 6.51. The second-order valence-electron chi connectivity index (χ2n) is 4.50. The summed E-state index contributed by atoms with van der Waals surface area (Å²) in [6.07, 6.45) is 1.34. The highest BCUT2D eigenvalue weighted by atomic mass is 32.2. The van der Waals surface area contributed by atoms with E-state index in [1.165, 1.54) is 17.7 Å². The van der Waals surface area contributed by atoms with Gasteiger partial charge in [-0.05, 0) is 24.1 Å². The fourth-order valence-corrected chi connectivity index (χ4v) is 3.22. The largest absolute Gasteiger partial charge is 0.326 e. The molecule has 1 aromatic heterocycles. The second kappa shape index (κ2) is 5.70. The summed E-state index contributed by atoms with van der Waals surface area (Å²) < 4.78 is 26.4. The molecule has 0 aliphatic rings. The summed E-state index contributed by atoms with van der Waals surface area (Å²) in [5, 5.41) is 6.34. The molecule has 20 heavy (non-hydrogen) atoms. The molecule has 8 heteroatoms. The summed E-state index contributed by atoms with van der Waals surface area (Å²) in [7, 11) is -2.08. The van der Waals surface area contributed by atoms with E-state index in [4.69, 9.17) is 5.73 Å². The number of aryl methyl sites for hydroxylation is 1. The Balaban J connectivity index is 2.34. The van der Waals surface area contributed by atoms with E-state index in [1.807, 2.05) is 6.07 Å². The molecule has 7 nitrogen and oxygen atoms in total. The van der Waals surface area contributed by atoms with E-state index in [1.54, 1.807) is 19.1 Å². The SMILES string of the molecule is Cc1ccc(CN)cc1S(=O)(=O)N(C)Cc1ncn[nH]1. The van der Waals surface area contributed by atoms with E-state index in [-0.39, 0.29) is 11.4 Å². The standard InChI is InChI=1S/C12H17N5O2S/c1-9-3-4-10(6-13)5-11(9)20(18,19)17(2)7-12-14-8-15-16-12/h3-5,8H,6-7,13H2,1-2H3,(H,14,15,16). The highest BCUT2D eigenvalue weighted by Gasteiger charge is 2.23. The van der Waals surface area contributed by atoms with Crippen LogP contribution >= 0.6 is 0 Å². The van der Waals surface area contributed by atoms with Crippen molar-refractivity contribution < 1.29 is 8.42 Å². The smallest absolute Gasteiger partial charge is 0.243 e. The molecular weight excluding hydrogens is 278 g/mol. The Kier molecular flexibility index (Phi) is 4.17. The summed E-state index contributed by atoms with van der Waals surface area (Å²) >= 11 is 0. The Morgan fingerprint density at radius 3 is 2.75 bits per heavy atom. The van der Waals surface area contributed by atoms with Crippen LogP contribution in [-0.4, -0.2) is 35.0 Å². The highest BCUT2D eigenvalue weighted by molar-refractivity contribution is 7.89. The van der Waals surface area contributed by atoms with Gasteiger partial charge in [0.05, 0.1) is 11.4 Å². The van der Waals surface area contributed by atoms with Crippen LogP contribution in [0, 0.1) is 6.92 Å². The number of aromatic nitrogens is 3. The Morgan fingerprint density at radius 1 is 1.40 bits per heavy atom. The lowest BCUT2D eigenvalue weighted by Crippen LogP contribution is -2.27. The van der Waals surface area contributed by atoms with Crippen LogP contribution in [0.5, 0.6) is 0 Å². The van der Waals surface area contributed by atoms with Gasteiger partial charge in [-0.3, -0.25) is 5.10 Å². The number of nitrogens with zero attached hydrogens (tertiary/aromatic N) is 3. The minimum atomic E-state index is -3.59. The number of H-pyrrole nitrogens is 1. The molecule has 0 atom stereocenters. The van der Waals surface area contributed by atoms with Crippen LogP contribution in [0.15, 0.2) is 29.4 Å². The first kappa shape index (κ1) is 14.6. The summed E-state index contributed by atoms with van der Waals surface area (Å²) in [4.78, 5) is 4.19. The molecule has 2 rings (SSSR count). The van der Waals surface area contributed by atoms with Crippen molar-refractivity contribution in [3.8, 4) is 0 Å². The maximum atomic E-state index is 12.6. The molecule has 2 aromatic rings. The van der Waals surface area contributed by atoms with E-state index < -0.39 is 10.0 Å². The lowest BCUT2D eigenvalue weighted by Gasteiger charge is -2.18. The van der Waals surface area contributed by atoms with Gasteiger partial charge in [-0.2, -0.15) is 9.40 Å². The number of hydrogen-bond donors (Lipinski definition) is 2. The predicted molar refractivity (Wildman–Crippen MR) is 74.1 cm³/mol. The van der Waals surface area contributed by atoms with Gasteiger partial charge >= 0.3 is 0 Å². The molecule has 0 unspecified atom stereocenters. The lowest BCUT2D eigenvalue weighted by molar-refractivity contribution is 0.456. The third kappa shape index (κ3) is 2.87. The summed E-state index contributed by atoms with van der Waals surface area (Å²) in [5.74, 6) is 0.490. The zero-order valence-electron chi connectivity index (χ0n) is 11.4. The zero-order valence-corrected chi connectivity index (χ0v) is 12.2. The van der Waals surface area contributed by atoms with Crippen LogP contribution < -0.4 is 5.73 Å². The van der Waals surface area contributed by atoms with Gasteiger partial charge in [0.1, 0.15) is 12.2 Å². The van der Waals surface area contributed by atoms with Crippen molar-refractivity contribution in [1.82, 2.24) is 19.5 Å². The third-order valence-corrected chi connectivity index (χ3v) is 4.96. The van der Waals surface area contributed by atoms with Crippen LogP contribution in [0.2, 0.25) is 0 Å². The first-order valence-corrected chi connectivity index (χ1v) is 7.49. The van der Waals surface area contributed by atoms with E-state index in [0.29, 0.717) is 17.9 Å². The van der Waals surface area contributed by atoms with Crippen LogP contribution in [-0.2, 0) is 23.1 Å². The molecule has 0 saturated carbocycles. The van der Waals surface area contributed by atoms with E-state index >= 15 is 0 Å². The van der Waals surface area contributed by atoms with Crippen LogP contribution in [0.1, 0.15) is 17.0 Å². The van der Waals surface area contributed by atoms with Gasteiger partial charge in [0.2, 0.25) is 10.0 Å². The van der Waals surface area contributed by atoms with Crippen molar-refractivity contribution in [2.24, 2.45) is 5.73 Å². The highest BCUT2D eigenvalue weighted by Crippen LogP contribution is 2.21. The van der Waals surface area contributed by atoms with Crippen LogP contribution in [0.25, 0.3) is 0 Å². The Bertz CT molecular complexity index is 682. The quantitative estimate of drug-likeness (QED) is 0.830. The summed E-state index contributed by atoms with van der Waals surface area (Å²) in [6.45, 7) is 2.19. The van der Waals surface area contributed by atoms with Crippen molar-refractivity contribution in [2.45, 2.75) is 24.9 Å². The molecule has 0 fully saturated rings. The Labute approximate surface area is 117 Å². The van der Waals surface area contributed by atoms with Gasteiger partial charge in [-0.15, -0.1) is 0 Å². The number of benzene rings is 1. The predicted octanol–water partition coefficient (Wildman–Crippen LogP) is 0.393. The van der Waals surface area contributed by atoms with Crippen LogP contribution in [0.4, 0.5) is 0 Å². The molecule has 0 spiro atoms.